The van der Waals surface area contributed by atoms with Crippen LogP contribution in [0, 0.1) is 17.7 Å². The van der Waals surface area contributed by atoms with Gasteiger partial charge in [-0.2, -0.15) is 0 Å². The Morgan fingerprint density at radius 2 is 2.24 bits per heavy atom. The maximum Gasteiger partial charge on any atom is 0.125 e. The fraction of sp³-hybridized carbons (Fsp3) is 0.571. The van der Waals surface area contributed by atoms with Crippen LogP contribution in [-0.2, 0) is 0 Å². The smallest absolute Gasteiger partial charge is 0.125 e. The molecule has 1 aliphatic rings. The number of rotatable bonds is 3. The first kappa shape index (κ1) is 12.7. The van der Waals surface area contributed by atoms with Crippen LogP contribution in [0.15, 0.2) is 18.2 Å². The van der Waals surface area contributed by atoms with Gasteiger partial charge < -0.3 is 5.32 Å². The van der Waals surface area contributed by atoms with Crippen molar-refractivity contribution in [2.45, 2.75) is 32.6 Å². The summed E-state index contributed by atoms with van der Waals surface area (Å²) in [5.41, 5.74) is 0.713. The number of halogens is 2. The van der Waals surface area contributed by atoms with Crippen LogP contribution in [0.2, 0.25) is 5.02 Å². The molecule has 0 radical (unpaired) electrons. The predicted molar refractivity (Wildman–Crippen MR) is 71.0 cm³/mol. The van der Waals surface area contributed by atoms with Gasteiger partial charge in [0.15, 0.2) is 0 Å². The molecule has 0 amide bonds. The summed E-state index contributed by atoms with van der Waals surface area (Å²) >= 11 is 6.01. The molecule has 17 heavy (non-hydrogen) atoms. The lowest BCUT2D eigenvalue weighted by molar-refractivity contribution is 0.293. The van der Waals surface area contributed by atoms with Crippen LogP contribution in [0.25, 0.3) is 0 Å². The van der Waals surface area contributed by atoms with Crippen LogP contribution in [0.1, 0.15) is 32.6 Å². The average molecular weight is 256 g/mol. The van der Waals surface area contributed by atoms with Crippen molar-refractivity contribution in [1.82, 2.24) is 0 Å². The fourth-order valence-corrected chi connectivity index (χ4v) is 2.82. The zero-order valence-corrected chi connectivity index (χ0v) is 10.9. The SMILES string of the molecule is CC1CCCC(CNc2cc(F)ccc2Cl)C1. The van der Waals surface area contributed by atoms with Crippen LogP contribution in [0.5, 0.6) is 0 Å². The molecule has 0 aliphatic heterocycles. The zero-order chi connectivity index (χ0) is 12.3. The van der Waals surface area contributed by atoms with Crippen molar-refractivity contribution in [3.63, 3.8) is 0 Å². The highest BCUT2D eigenvalue weighted by Crippen LogP contribution is 2.29. The van der Waals surface area contributed by atoms with Crippen LogP contribution in [0.3, 0.4) is 0 Å². The Morgan fingerprint density at radius 3 is 3.00 bits per heavy atom. The Bertz CT molecular complexity index is 380. The molecule has 2 unspecified atom stereocenters. The summed E-state index contributed by atoms with van der Waals surface area (Å²) in [6.07, 6.45) is 5.19. The maximum absolute atomic E-state index is 13.1. The molecule has 1 fully saturated rings. The van der Waals surface area contributed by atoms with Crippen molar-refractivity contribution < 1.29 is 4.39 Å². The standard InChI is InChI=1S/C14H19ClFN/c1-10-3-2-4-11(7-10)9-17-14-8-12(16)5-6-13(14)15/h5-6,8,10-11,17H,2-4,7,9H2,1H3. The van der Waals surface area contributed by atoms with Gasteiger partial charge in [-0.15, -0.1) is 0 Å². The van der Waals surface area contributed by atoms with Gasteiger partial charge in [-0.1, -0.05) is 31.4 Å². The Labute approximate surface area is 107 Å². The summed E-state index contributed by atoms with van der Waals surface area (Å²) in [4.78, 5) is 0. The van der Waals surface area contributed by atoms with Crippen LogP contribution in [0.4, 0.5) is 10.1 Å². The number of hydrogen-bond acceptors (Lipinski definition) is 1. The summed E-state index contributed by atoms with van der Waals surface area (Å²) in [7, 11) is 0. The van der Waals surface area contributed by atoms with Gasteiger partial charge in [-0.3, -0.25) is 0 Å². The second-order valence-corrected chi connectivity index (χ2v) is 5.55. The van der Waals surface area contributed by atoms with Gasteiger partial charge >= 0.3 is 0 Å². The number of hydrogen-bond donors (Lipinski definition) is 1. The van der Waals surface area contributed by atoms with E-state index < -0.39 is 0 Å². The molecule has 0 spiro atoms. The molecule has 1 saturated carbocycles. The second kappa shape index (κ2) is 5.72. The van der Waals surface area contributed by atoms with Gasteiger partial charge in [0.2, 0.25) is 0 Å². The lowest BCUT2D eigenvalue weighted by Crippen LogP contribution is -2.21. The molecule has 1 aromatic carbocycles. The van der Waals surface area contributed by atoms with Gasteiger partial charge in [-0.05, 0) is 42.9 Å². The van der Waals surface area contributed by atoms with Crippen LogP contribution in [-0.4, -0.2) is 6.54 Å². The van der Waals surface area contributed by atoms with Gasteiger partial charge in [0.25, 0.3) is 0 Å². The van der Waals surface area contributed by atoms with E-state index in [-0.39, 0.29) is 5.82 Å². The van der Waals surface area contributed by atoms with E-state index >= 15 is 0 Å². The molecule has 0 aromatic heterocycles. The minimum Gasteiger partial charge on any atom is -0.383 e. The molecule has 3 heteroatoms. The molecule has 1 N–H and O–H groups in total. The van der Waals surface area contributed by atoms with Crippen molar-refractivity contribution in [2.75, 3.05) is 11.9 Å². The molecule has 0 bridgehead atoms. The highest BCUT2D eigenvalue weighted by molar-refractivity contribution is 6.33. The Kier molecular flexibility index (Phi) is 4.27. The van der Waals surface area contributed by atoms with Crippen LogP contribution < -0.4 is 5.32 Å². The average Bonchev–Trinajstić information content (AvgIpc) is 2.30. The van der Waals surface area contributed by atoms with E-state index in [0.29, 0.717) is 16.6 Å². The predicted octanol–water partition coefficient (Wildman–Crippen LogP) is 4.72. The highest BCUT2D eigenvalue weighted by Gasteiger charge is 2.18. The molecule has 0 heterocycles. The van der Waals surface area contributed by atoms with E-state index in [2.05, 4.69) is 12.2 Å². The summed E-state index contributed by atoms with van der Waals surface area (Å²) in [6.45, 7) is 3.20. The molecule has 1 aliphatic carbocycles. The van der Waals surface area contributed by atoms with Gasteiger partial charge in [-0.25, -0.2) is 4.39 Å². The van der Waals surface area contributed by atoms with Gasteiger partial charge in [0.05, 0.1) is 10.7 Å². The third-order valence-electron chi connectivity index (χ3n) is 3.55. The Hall–Kier alpha value is -0.760. The minimum atomic E-state index is -0.242. The first-order valence-electron chi connectivity index (χ1n) is 6.34. The number of benzene rings is 1. The van der Waals surface area contributed by atoms with Gasteiger partial charge in [0, 0.05) is 6.54 Å². The maximum atomic E-state index is 13.1. The molecular formula is C14H19ClFN. The third-order valence-corrected chi connectivity index (χ3v) is 3.88. The first-order valence-corrected chi connectivity index (χ1v) is 6.72. The molecular weight excluding hydrogens is 237 g/mol. The minimum absolute atomic E-state index is 0.242. The Morgan fingerprint density at radius 1 is 1.41 bits per heavy atom. The highest BCUT2D eigenvalue weighted by atomic mass is 35.5. The lowest BCUT2D eigenvalue weighted by Gasteiger charge is -2.27. The topological polar surface area (TPSA) is 12.0 Å². The van der Waals surface area contributed by atoms with E-state index in [1.807, 2.05) is 0 Å². The van der Waals surface area contributed by atoms with E-state index in [9.17, 15) is 4.39 Å². The van der Waals surface area contributed by atoms with E-state index in [1.54, 1.807) is 6.07 Å². The molecule has 2 atom stereocenters. The summed E-state index contributed by atoms with van der Waals surface area (Å²) in [5.74, 6) is 1.27. The molecule has 94 valence electrons. The molecule has 0 saturated heterocycles. The summed E-state index contributed by atoms with van der Waals surface area (Å²) in [6, 6.07) is 4.45. The van der Waals surface area contributed by atoms with E-state index in [0.717, 1.165) is 12.5 Å². The fourth-order valence-electron chi connectivity index (χ4n) is 2.63. The van der Waals surface area contributed by atoms with Crippen LogP contribution >= 0.6 is 11.6 Å². The quantitative estimate of drug-likeness (QED) is 0.824. The summed E-state index contributed by atoms with van der Waals surface area (Å²) < 4.78 is 13.1. The second-order valence-electron chi connectivity index (χ2n) is 5.14. The molecule has 1 aromatic rings. The Balaban J connectivity index is 1.90. The van der Waals surface area contributed by atoms with E-state index in [4.69, 9.17) is 11.6 Å². The van der Waals surface area contributed by atoms with Crippen molar-refractivity contribution in [2.24, 2.45) is 11.8 Å². The molecule has 1 nitrogen and oxygen atoms in total. The number of anilines is 1. The summed E-state index contributed by atoms with van der Waals surface area (Å²) in [5, 5.41) is 3.86. The van der Waals surface area contributed by atoms with Crippen molar-refractivity contribution in [3.8, 4) is 0 Å². The molecule has 2 rings (SSSR count). The van der Waals surface area contributed by atoms with Crippen molar-refractivity contribution in [3.05, 3.63) is 29.0 Å². The van der Waals surface area contributed by atoms with Crippen molar-refractivity contribution in [1.29, 1.82) is 0 Å². The van der Waals surface area contributed by atoms with Crippen molar-refractivity contribution >= 4 is 17.3 Å². The first-order chi connectivity index (χ1) is 8.15. The lowest BCUT2D eigenvalue weighted by atomic mass is 9.82. The monoisotopic (exact) mass is 255 g/mol. The number of nitrogens with one attached hydrogen (secondary N) is 1. The van der Waals surface area contributed by atoms with E-state index in [1.165, 1.54) is 37.8 Å². The normalized spacial score (nSPS) is 24.6. The zero-order valence-electron chi connectivity index (χ0n) is 10.2. The third kappa shape index (κ3) is 3.60. The largest absolute Gasteiger partial charge is 0.383 e. The van der Waals surface area contributed by atoms with Gasteiger partial charge in [0.1, 0.15) is 5.82 Å².